The Morgan fingerprint density at radius 2 is 1.48 bits per heavy atom. The standard InChI is InChI=1S/C14H9Cl4N3O2/c15-7-5-10(17)12(11(18)6-7)20-21-14(23)19-13(22)8-3-1-2-4-9(8)16/h1-6,20H,(H2,19,21,22,23). The first kappa shape index (κ1) is 17.7. The van der Waals surface area contributed by atoms with Gasteiger partial charge in [0, 0.05) is 5.02 Å². The second-order valence-electron chi connectivity index (χ2n) is 4.26. The van der Waals surface area contributed by atoms with Gasteiger partial charge in [0.2, 0.25) is 0 Å². The van der Waals surface area contributed by atoms with Crippen molar-refractivity contribution in [2.45, 2.75) is 0 Å². The monoisotopic (exact) mass is 391 g/mol. The van der Waals surface area contributed by atoms with Gasteiger partial charge in [-0.15, -0.1) is 0 Å². The second kappa shape index (κ2) is 7.75. The minimum Gasteiger partial charge on any atom is -0.294 e. The summed E-state index contributed by atoms with van der Waals surface area (Å²) in [7, 11) is 0. The maximum atomic E-state index is 11.9. The van der Waals surface area contributed by atoms with Crippen molar-refractivity contribution in [2.24, 2.45) is 0 Å². The number of rotatable bonds is 3. The summed E-state index contributed by atoms with van der Waals surface area (Å²) in [4.78, 5) is 23.7. The highest BCUT2D eigenvalue weighted by molar-refractivity contribution is 6.41. The molecule has 0 heterocycles. The highest BCUT2D eigenvalue weighted by Crippen LogP contribution is 2.32. The lowest BCUT2D eigenvalue weighted by Crippen LogP contribution is -2.42. The molecule has 9 heteroatoms. The Labute approximate surface area is 151 Å². The molecular formula is C14H9Cl4N3O2. The number of amides is 3. The van der Waals surface area contributed by atoms with E-state index in [4.69, 9.17) is 46.4 Å². The Morgan fingerprint density at radius 1 is 0.870 bits per heavy atom. The van der Waals surface area contributed by atoms with Crippen molar-refractivity contribution in [2.75, 3.05) is 5.43 Å². The molecule has 0 spiro atoms. The quantitative estimate of drug-likeness (QED) is 0.659. The Bertz CT molecular complexity index is 744. The predicted molar refractivity (Wildman–Crippen MR) is 92.5 cm³/mol. The van der Waals surface area contributed by atoms with Crippen molar-refractivity contribution in [1.82, 2.24) is 10.7 Å². The number of hydrogen-bond donors (Lipinski definition) is 3. The first-order valence-electron chi connectivity index (χ1n) is 6.15. The molecule has 3 N–H and O–H groups in total. The fourth-order valence-corrected chi connectivity index (χ4v) is 2.76. The van der Waals surface area contributed by atoms with E-state index < -0.39 is 11.9 Å². The molecule has 0 atom stereocenters. The molecule has 0 unspecified atom stereocenters. The van der Waals surface area contributed by atoms with E-state index in [2.05, 4.69) is 16.2 Å². The van der Waals surface area contributed by atoms with Crippen LogP contribution in [0.25, 0.3) is 0 Å². The second-order valence-corrected chi connectivity index (χ2v) is 5.92. The Balaban J connectivity index is 1.99. The zero-order valence-electron chi connectivity index (χ0n) is 11.3. The molecule has 120 valence electrons. The number of carbonyl (C=O) groups excluding carboxylic acids is 2. The van der Waals surface area contributed by atoms with E-state index >= 15 is 0 Å². The van der Waals surface area contributed by atoms with Crippen LogP contribution in [0.1, 0.15) is 10.4 Å². The summed E-state index contributed by atoms with van der Waals surface area (Å²) in [6.45, 7) is 0. The van der Waals surface area contributed by atoms with Crippen LogP contribution in [-0.2, 0) is 0 Å². The van der Waals surface area contributed by atoms with E-state index in [1.165, 1.54) is 18.2 Å². The molecule has 0 aliphatic heterocycles. The smallest absolute Gasteiger partial charge is 0.294 e. The first-order valence-corrected chi connectivity index (χ1v) is 7.66. The molecule has 0 fully saturated rings. The van der Waals surface area contributed by atoms with Gasteiger partial charge >= 0.3 is 6.03 Å². The summed E-state index contributed by atoms with van der Waals surface area (Å²) >= 11 is 23.6. The summed E-state index contributed by atoms with van der Waals surface area (Å²) in [6.07, 6.45) is 0. The summed E-state index contributed by atoms with van der Waals surface area (Å²) in [5.41, 5.74) is 5.18. The molecule has 0 saturated heterocycles. The molecule has 0 bridgehead atoms. The van der Waals surface area contributed by atoms with Crippen LogP contribution in [0.3, 0.4) is 0 Å². The third-order valence-electron chi connectivity index (χ3n) is 2.65. The zero-order valence-corrected chi connectivity index (χ0v) is 14.3. The predicted octanol–water partition coefficient (Wildman–Crippen LogP) is 4.77. The van der Waals surface area contributed by atoms with Crippen LogP contribution in [0.4, 0.5) is 10.5 Å². The van der Waals surface area contributed by atoms with Crippen LogP contribution >= 0.6 is 46.4 Å². The number of imide groups is 1. The van der Waals surface area contributed by atoms with Gasteiger partial charge in [0.1, 0.15) is 0 Å². The fourth-order valence-electron chi connectivity index (χ4n) is 1.63. The van der Waals surface area contributed by atoms with Gasteiger partial charge in [-0.25, -0.2) is 4.79 Å². The maximum absolute atomic E-state index is 11.9. The van der Waals surface area contributed by atoms with E-state index in [1.54, 1.807) is 18.2 Å². The average molecular weight is 393 g/mol. The van der Waals surface area contributed by atoms with Gasteiger partial charge in [-0.3, -0.25) is 21.0 Å². The highest BCUT2D eigenvalue weighted by Gasteiger charge is 2.14. The fraction of sp³-hybridized carbons (Fsp3) is 0. The van der Waals surface area contributed by atoms with E-state index in [1.807, 2.05) is 0 Å². The van der Waals surface area contributed by atoms with Crippen LogP contribution in [-0.4, -0.2) is 11.9 Å². The molecule has 0 aromatic heterocycles. The molecule has 0 aliphatic carbocycles. The van der Waals surface area contributed by atoms with Crippen LogP contribution in [0.5, 0.6) is 0 Å². The van der Waals surface area contributed by atoms with Gasteiger partial charge in [-0.2, -0.15) is 0 Å². The number of urea groups is 1. The van der Waals surface area contributed by atoms with Gasteiger partial charge in [0.05, 0.1) is 26.3 Å². The topological polar surface area (TPSA) is 70.2 Å². The van der Waals surface area contributed by atoms with E-state index in [-0.39, 0.29) is 26.3 Å². The number of hydrazine groups is 1. The van der Waals surface area contributed by atoms with Crippen molar-refractivity contribution in [3.8, 4) is 0 Å². The summed E-state index contributed by atoms with van der Waals surface area (Å²) in [6, 6.07) is 8.43. The molecule has 0 aliphatic rings. The number of halogens is 4. The van der Waals surface area contributed by atoms with Gasteiger partial charge < -0.3 is 0 Å². The lowest BCUT2D eigenvalue weighted by Gasteiger charge is -2.12. The minimum absolute atomic E-state index is 0.173. The first-order chi connectivity index (χ1) is 10.9. The van der Waals surface area contributed by atoms with Gasteiger partial charge in [0.25, 0.3) is 5.91 Å². The Morgan fingerprint density at radius 3 is 2.09 bits per heavy atom. The van der Waals surface area contributed by atoms with E-state index in [0.717, 1.165) is 0 Å². The van der Waals surface area contributed by atoms with Crippen LogP contribution in [0.2, 0.25) is 20.1 Å². The van der Waals surface area contributed by atoms with Crippen molar-refractivity contribution in [3.63, 3.8) is 0 Å². The van der Waals surface area contributed by atoms with Crippen LogP contribution in [0, 0.1) is 0 Å². The number of anilines is 1. The number of nitrogens with one attached hydrogen (secondary N) is 3. The number of benzene rings is 2. The summed E-state index contributed by atoms with van der Waals surface area (Å²) in [5.74, 6) is -0.650. The van der Waals surface area contributed by atoms with Crippen LogP contribution < -0.4 is 16.2 Å². The van der Waals surface area contributed by atoms with Gasteiger partial charge in [0.15, 0.2) is 0 Å². The third kappa shape index (κ3) is 4.65. The van der Waals surface area contributed by atoms with Crippen molar-refractivity contribution in [3.05, 3.63) is 62.1 Å². The van der Waals surface area contributed by atoms with Gasteiger partial charge in [-0.05, 0) is 24.3 Å². The minimum atomic E-state index is -0.808. The average Bonchev–Trinajstić information content (AvgIpc) is 2.46. The SMILES string of the molecule is O=C(NNc1c(Cl)cc(Cl)cc1Cl)NC(=O)c1ccccc1Cl. The van der Waals surface area contributed by atoms with Crippen LogP contribution in [0.15, 0.2) is 36.4 Å². The lowest BCUT2D eigenvalue weighted by molar-refractivity contribution is 0.0964. The Kier molecular flexibility index (Phi) is 5.96. The maximum Gasteiger partial charge on any atom is 0.340 e. The third-order valence-corrected chi connectivity index (χ3v) is 3.80. The summed E-state index contributed by atoms with van der Waals surface area (Å²) < 4.78 is 0. The molecular weight excluding hydrogens is 384 g/mol. The zero-order chi connectivity index (χ0) is 17.0. The van der Waals surface area contributed by atoms with E-state index in [9.17, 15) is 9.59 Å². The van der Waals surface area contributed by atoms with Gasteiger partial charge in [-0.1, -0.05) is 58.5 Å². The lowest BCUT2D eigenvalue weighted by atomic mass is 10.2. The number of hydrogen-bond acceptors (Lipinski definition) is 3. The largest absolute Gasteiger partial charge is 0.340 e. The highest BCUT2D eigenvalue weighted by atomic mass is 35.5. The molecule has 2 aromatic carbocycles. The number of carbonyl (C=O) groups is 2. The molecule has 2 rings (SSSR count). The van der Waals surface area contributed by atoms with E-state index in [0.29, 0.717) is 5.02 Å². The molecule has 23 heavy (non-hydrogen) atoms. The summed E-state index contributed by atoms with van der Waals surface area (Å²) in [5, 5.41) is 3.11. The van der Waals surface area contributed by atoms with Crippen molar-refractivity contribution < 1.29 is 9.59 Å². The Hall–Kier alpha value is -1.66. The van der Waals surface area contributed by atoms with Crippen molar-refractivity contribution in [1.29, 1.82) is 0 Å². The molecule has 0 radical (unpaired) electrons. The normalized spacial score (nSPS) is 10.1. The molecule has 3 amide bonds. The molecule has 5 nitrogen and oxygen atoms in total. The molecule has 0 saturated carbocycles. The van der Waals surface area contributed by atoms with Crippen molar-refractivity contribution >= 4 is 64.0 Å². The molecule has 2 aromatic rings.